The van der Waals surface area contributed by atoms with E-state index in [4.69, 9.17) is 18.9 Å². The Morgan fingerprint density at radius 1 is 0.938 bits per heavy atom. The Bertz CT molecular complexity index is 1210. The van der Waals surface area contributed by atoms with E-state index in [0.29, 0.717) is 39.7 Å². The highest BCUT2D eigenvalue weighted by atomic mass is 19.1. The van der Waals surface area contributed by atoms with Crippen LogP contribution < -0.4 is 18.9 Å². The van der Waals surface area contributed by atoms with Crippen molar-refractivity contribution in [2.45, 2.75) is 13.5 Å². The van der Waals surface area contributed by atoms with Gasteiger partial charge in [-0.1, -0.05) is 12.1 Å². The lowest BCUT2D eigenvalue weighted by atomic mass is 10.1. The number of methoxy groups -OCH3 is 2. The van der Waals surface area contributed by atoms with Crippen LogP contribution in [0.4, 0.5) is 8.78 Å². The predicted molar refractivity (Wildman–Crippen MR) is 114 cm³/mol. The Labute approximate surface area is 183 Å². The van der Waals surface area contributed by atoms with Gasteiger partial charge in [0.2, 0.25) is 5.78 Å². The Hall–Kier alpha value is -3.87. The molecular formula is C25H20F2O5. The van der Waals surface area contributed by atoms with Gasteiger partial charge in [0.1, 0.15) is 29.7 Å². The van der Waals surface area contributed by atoms with E-state index in [2.05, 4.69) is 0 Å². The summed E-state index contributed by atoms with van der Waals surface area (Å²) < 4.78 is 49.7. The molecule has 1 heterocycles. The molecule has 32 heavy (non-hydrogen) atoms. The maximum absolute atomic E-state index is 13.9. The van der Waals surface area contributed by atoms with Crippen molar-refractivity contribution in [3.8, 4) is 23.0 Å². The van der Waals surface area contributed by atoms with Crippen LogP contribution in [-0.2, 0) is 6.61 Å². The summed E-state index contributed by atoms with van der Waals surface area (Å²) in [5.41, 5.74) is 1.48. The minimum absolute atomic E-state index is 0.146. The highest BCUT2D eigenvalue weighted by Gasteiger charge is 2.30. The van der Waals surface area contributed by atoms with E-state index in [1.54, 1.807) is 50.4 Å². The summed E-state index contributed by atoms with van der Waals surface area (Å²) in [6.45, 7) is 1.43. The van der Waals surface area contributed by atoms with Gasteiger partial charge in [-0.2, -0.15) is 0 Å². The summed E-state index contributed by atoms with van der Waals surface area (Å²) in [6, 6.07) is 12.0. The third-order valence-corrected chi connectivity index (χ3v) is 5.18. The van der Waals surface area contributed by atoms with Gasteiger partial charge in [0.25, 0.3) is 0 Å². The monoisotopic (exact) mass is 438 g/mol. The first-order valence-electron chi connectivity index (χ1n) is 9.78. The van der Waals surface area contributed by atoms with E-state index in [-0.39, 0.29) is 23.7 Å². The van der Waals surface area contributed by atoms with E-state index in [9.17, 15) is 13.6 Å². The number of hydrogen-bond donors (Lipinski definition) is 0. The van der Waals surface area contributed by atoms with Gasteiger partial charge >= 0.3 is 0 Å². The Morgan fingerprint density at radius 3 is 2.31 bits per heavy atom. The highest BCUT2D eigenvalue weighted by molar-refractivity contribution is 6.15. The normalized spacial score (nSPS) is 13.7. The Kier molecular flexibility index (Phi) is 5.81. The number of ketones is 1. The van der Waals surface area contributed by atoms with Crippen LogP contribution in [0.3, 0.4) is 0 Å². The quantitative estimate of drug-likeness (QED) is 0.477. The van der Waals surface area contributed by atoms with E-state index in [1.165, 1.54) is 25.3 Å². The molecule has 7 heteroatoms. The number of rotatable bonds is 6. The number of benzene rings is 3. The molecule has 3 aromatic carbocycles. The van der Waals surface area contributed by atoms with Gasteiger partial charge in [0.15, 0.2) is 17.3 Å². The van der Waals surface area contributed by atoms with Gasteiger partial charge in [-0.3, -0.25) is 4.79 Å². The fourth-order valence-corrected chi connectivity index (χ4v) is 3.44. The van der Waals surface area contributed by atoms with Crippen LogP contribution in [-0.4, -0.2) is 20.0 Å². The van der Waals surface area contributed by atoms with Gasteiger partial charge in [-0.15, -0.1) is 0 Å². The molecule has 0 unspecified atom stereocenters. The average Bonchev–Trinajstić information content (AvgIpc) is 3.10. The molecule has 0 atom stereocenters. The van der Waals surface area contributed by atoms with E-state index in [1.807, 2.05) is 0 Å². The van der Waals surface area contributed by atoms with E-state index >= 15 is 0 Å². The molecule has 5 nitrogen and oxygen atoms in total. The number of ether oxygens (including phenoxy) is 4. The summed E-state index contributed by atoms with van der Waals surface area (Å²) in [5.74, 6) is 0.320. The molecular weight excluding hydrogens is 418 g/mol. The number of Topliss-reactive ketones (excluding diaryl/α,β-unsaturated/α-hetero) is 1. The van der Waals surface area contributed by atoms with Crippen LogP contribution in [0.15, 0.2) is 54.3 Å². The molecule has 0 saturated carbocycles. The van der Waals surface area contributed by atoms with Gasteiger partial charge in [0.05, 0.1) is 25.3 Å². The first-order valence-corrected chi connectivity index (χ1v) is 9.78. The van der Waals surface area contributed by atoms with Crippen molar-refractivity contribution >= 4 is 11.9 Å². The summed E-state index contributed by atoms with van der Waals surface area (Å²) in [4.78, 5) is 12.8. The van der Waals surface area contributed by atoms with Crippen LogP contribution in [0.2, 0.25) is 0 Å². The van der Waals surface area contributed by atoms with E-state index in [0.717, 1.165) is 0 Å². The molecule has 0 saturated heterocycles. The van der Waals surface area contributed by atoms with Crippen molar-refractivity contribution < 1.29 is 32.5 Å². The van der Waals surface area contributed by atoms with Crippen molar-refractivity contribution in [3.63, 3.8) is 0 Å². The first-order chi connectivity index (χ1) is 15.4. The lowest BCUT2D eigenvalue weighted by molar-refractivity contribution is 0.101. The number of allylic oxidation sites excluding steroid dienone is 1. The number of hydrogen-bond acceptors (Lipinski definition) is 5. The Morgan fingerprint density at radius 2 is 1.62 bits per heavy atom. The van der Waals surface area contributed by atoms with E-state index < -0.39 is 11.6 Å². The zero-order valence-electron chi connectivity index (χ0n) is 17.7. The van der Waals surface area contributed by atoms with Crippen LogP contribution in [0.5, 0.6) is 23.0 Å². The molecule has 3 aromatic rings. The minimum atomic E-state index is -0.685. The molecule has 0 fully saturated rings. The molecule has 0 amide bonds. The zero-order chi connectivity index (χ0) is 22.8. The number of halogens is 2. The molecule has 0 N–H and O–H groups in total. The van der Waals surface area contributed by atoms with Crippen LogP contribution in [0, 0.1) is 18.6 Å². The van der Waals surface area contributed by atoms with Gasteiger partial charge in [-0.25, -0.2) is 8.78 Å². The van der Waals surface area contributed by atoms with Crippen molar-refractivity contribution in [3.05, 3.63) is 88.2 Å². The second-order valence-electron chi connectivity index (χ2n) is 7.11. The largest absolute Gasteiger partial charge is 0.493 e. The fourth-order valence-electron chi connectivity index (χ4n) is 3.44. The molecule has 0 aromatic heterocycles. The third-order valence-electron chi connectivity index (χ3n) is 5.18. The van der Waals surface area contributed by atoms with Gasteiger partial charge in [-0.05, 0) is 55.0 Å². The molecule has 4 rings (SSSR count). The molecule has 0 aliphatic carbocycles. The standard InChI is InChI=1S/C25H20F2O5/c1-14-20(31-13-17-18(26)5-4-6-19(17)27)10-8-16-24(28)23(32-25(14)16)12-15-7-9-21(29-2)22(11-15)30-3/h4-12H,13H2,1-3H3/b23-12-. The topological polar surface area (TPSA) is 54.0 Å². The first kappa shape index (κ1) is 21.4. The second-order valence-corrected chi connectivity index (χ2v) is 7.11. The molecule has 1 aliphatic rings. The molecule has 164 valence electrons. The molecule has 0 spiro atoms. The van der Waals surface area contributed by atoms with Crippen LogP contribution in [0.1, 0.15) is 27.0 Å². The molecule has 0 bridgehead atoms. The van der Waals surface area contributed by atoms with Crippen LogP contribution >= 0.6 is 0 Å². The third kappa shape index (κ3) is 3.89. The smallest absolute Gasteiger partial charge is 0.231 e. The van der Waals surface area contributed by atoms with Crippen molar-refractivity contribution in [1.82, 2.24) is 0 Å². The number of carbonyl (C=O) groups is 1. The maximum Gasteiger partial charge on any atom is 0.231 e. The fraction of sp³-hybridized carbons (Fsp3) is 0.160. The zero-order valence-corrected chi connectivity index (χ0v) is 17.7. The van der Waals surface area contributed by atoms with Crippen molar-refractivity contribution in [2.24, 2.45) is 0 Å². The molecule has 1 aliphatic heterocycles. The second kappa shape index (κ2) is 8.70. The summed E-state index contributed by atoms with van der Waals surface area (Å²) in [6.07, 6.45) is 1.61. The summed E-state index contributed by atoms with van der Waals surface area (Å²) in [7, 11) is 3.07. The predicted octanol–water partition coefficient (Wildman–Crippen LogP) is 5.49. The van der Waals surface area contributed by atoms with Gasteiger partial charge < -0.3 is 18.9 Å². The van der Waals surface area contributed by atoms with Crippen LogP contribution in [0.25, 0.3) is 6.08 Å². The molecule has 0 radical (unpaired) electrons. The highest BCUT2D eigenvalue weighted by Crippen LogP contribution is 2.40. The lowest BCUT2D eigenvalue weighted by Crippen LogP contribution is -2.03. The van der Waals surface area contributed by atoms with Gasteiger partial charge in [0, 0.05) is 5.56 Å². The van der Waals surface area contributed by atoms with Crippen molar-refractivity contribution in [2.75, 3.05) is 14.2 Å². The minimum Gasteiger partial charge on any atom is -0.493 e. The number of fused-ring (bicyclic) bond motifs is 1. The summed E-state index contributed by atoms with van der Waals surface area (Å²) >= 11 is 0. The average molecular weight is 438 g/mol. The number of carbonyl (C=O) groups excluding carboxylic acids is 1. The SMILES string of the molecule is COc1ccc(/C=C2\Oc3c(ccc(OCc4c(F)cccc4F)c3C)C2=O)cc1OC. The Balaban J connectivity index is 1.59. The summed E-state index contributed by atoms with van der Waals surface area (Å²) in [5, 5.41) is 0. The van der Waals surface area contributed by atoms with Crippen molar-refractivity contribution in [1.29, 1.82) is 0 Å². The maximum atomic E-state index is 13.9. The lowest BCUT2D eigenvalue weighted by Gasteiger charge is -2.12.